The molecular formula is C16H13BrFNO4S. The molecule has 5 nitrogen and oxygen atoms in total. The van der Waals surface area contributed by atoms with Crippen LogP contribution in [0.3, 0.4) is 0 Å². The Hall–Kier alpha value is -1.67. The van der Waals surface area contributed by atoms with Crippen LogP contribution in [0.15, 0.2) is 32.6 Å². The molecule has 0 radical (unpaired) electrons. The third-order valence-corrected chi connectivity index (χ3v) is 5.94. The summed E-state index contributed by atoms with van der Waals surface area (Å²) < 4.78 is 14.8. The molecule has 126 valence electrons. The smallest absolute Gasteiger partial charge is 0.313 e. The van der Waals surface area contributed by atoms with Gasteiger partial charge >= 0.3 is 5.97 Å². The van der Waals surface area contributed by atoms with E-state index in [0.717, 1.165) is 35.6 Å². The number of hydrogen-bond donors (Lipinski definition) is 1. The minimum Gasteiger partial charge on any atom is -0.481 e. The van der Waals surface area contributed by atoms with Crippen LogP contribution in [0.25, 0.3) is 0 Å². The summed E-state index contributed by atoms with van der Waals surface area (Å²) in [5.41, 5.74) is 0.831. The van der Waals surface area contributed by atoms with Crippen molar-refractivity contribution in [2.24, 2.45) is 0 Å². The number of thioether (sulfide) groups is 1. The summed E-state index contributed by atoms with van der Waals surface area (Å²) in [6.07, 6.45) is 2.76. The predicted molar refractivity (Wildman–Crippen MR) is 90.4 cm³/mol. The van der Waals surface area contributed by atoms with Crippen molar-refractivity contribution in [3.8, 4) is 0 Å². The Kier molecular flexibility index (Phi) is 4.78. The molecule has 0 atom stereocenters. The zero-order valence-corrected chi connectivity index (χ0v) is 14.9. The van der Waals surface area contributed by atoms with E-state index in [4.69, 9.17) is 5.11 Å². The van der Waals surface area contributed by atoms with E-state index in [1.54, 1.807) is 0 Å². The van der Waals surface area contributed by atoms with Gasteiger partial charge in [-0.1, -0.05) is 0 Å². The minimum absolute atomic E-state index is 0.129. The van der Waals surface area contributed by atoms with E-state index >= 15 is 0 Å². The van der Waals surface area contributed by atoms with Crippen molar-refractivity contribution in [2.75, 3.05) is 10.7 Å². The average molecular weight is 414 g/mol. The number of anilines is 1. The number of carbonyl (C=O) groups excluding carboxylic acids is 2. The van der Waals surface area contributed by atoms with E-state index in [2.05, 4.69) is 15.9 Å². The van der Waals surface area contributed by atoms with E-state index in [9.17, 15) is 18.8 Å². The van der Waals surface area contributed by atoms with Gasteiger partial charge in [0.05, 0.1) is 11.4 Å². The molecule has 1 N–H and O–H groups in total. The molecule has 0 saturated carbocycles. The molecule has 8 heteroatoms. The summed E-state index contributed by atoms with van der Waals surface area (Å²) in [5, 5.41) is 8.79. The first kappa shape index (κ1) is 17.2. The maximum Gasteiger partial charge on any atom is 0.313 e. The Labute approximate surface area is 150 Å². The molecule has 0 fully saturated rings. The number of carboxylic acids is 1. The highest BCUT2D eigenvalue weighted by Gasteiger charge is 2.40. The number of nitrogens with zero attached hydrogens (tertiary/aromatic N) is 1. The van der Waals surface area contributed by atoms with Gasteiger partial charge in [0, 0.05) is 20.5 Å². The summed E-state index contributed by atoms with van der Waals surface area (Å²) in [4.78, 5) is 37.1. The quantitative estimate of drug-likeness (QED) is 0.603. The maximum atomic E-state index is 14.4. The summed E-state index contributed by atoms with van der Waals surface area (Å²) in [6, 6.07) is 2.50. The van der Waals surface area contributed by atoms with E-state index in [-0.39, 0.29) is 11.4 Å². The topological polar surface area (TPSA) is 74.7 Å². The summed E-state index contributed by atoms with van der Waals surface area (Å²) >= 11 is 4.17. The van der Waals surface area contributed by atoms with Crippen molar-refractivity contribution >= 4 is 51.2 Å². The summed E-state index contributed by atoms with van der Waals surface area (Å²) in [5.74, 6) is -2.86. The van der Waals surface area contributed by atoms with Gasteiger partial charge < -0.3 is 5.11 Å². The standard InChI is InChI=1S/C16H13BrFNO4S/c17-10-5-11(18)12(6-13(10)24-7-14(20)21)19-15(22)8-3-1-2-4-9(8)16(19)23/h5-6H,1-4,7H2,(H,20,21). The second-order valence-electron chi connectivity index (χ2n) is 5.53. The largest absolute Gasteiger partial charge is 0.481 e. The number of carboxylic acid groups (broad SMARTS) is 1. The number of carbonyl (C=O) groups is 3. The Morgan fingerprint density at radius 2 is 1.79 bits per heavy atom. The van der Waals surface area contributed by atoms with Crippen LogP contribution in [0.5, 0.6) is 0 Å². The number of aliphatic carboxylic acids is 1. The molecule has 0 unspecified atom stereocenters. The molecule has 24 heavy (non-hydrogen) atoms. The maximum absolute atomic E-state index is 14.4. The number of imide groups is 1. The van der Waals surface area contributed by atoms with Crippen LogP contribution in [-0.2, 0) is 14.4 Å². The highest BCUT2D eigenvalue weighted by Crippen LogP contribution is 2.39. The molecule has 0 aromatic heterocycles. The third-order valence-electron chi connectivity index (χ3n) is 3.98. The van der Waals surface area contributed by atoms with E-state index in [1.165, 1.54) is 6.07 Å². The zero-order chi connectivity index (χ0) is 17.4. The highest BCUT2D eigenvalue weighted by atomic mass is 79.9. The Morgan fingerprint density at radius 1 is 1.21 bits per heavy atom. The second kappa shape index (κ2) is 6.68. The number of halogens is 2. The minimum atomic E-state index is -1.01. The van der Waals surface area contributed by atoms with Crippen molar-refractivity contribution < 1.29 is 23.9 Å². The van der Waals surface area contributed by atoms with Crippen LogP contribution < -0.4 is 4.90 Å². The van der Waals surface area contributed by atoms with Crippen LogP contribution in [0.2, 0.25) is 0 Å². The molecule has 2 amide bonds. The van der Waals surface area contributed by atoms with Crippen molar-refractivity contribution in [1.82, 2.24) is 0 Å². The van der Waals surface area contributed by atoms with Gasteiger partial charge in [0.1, 0.15) is 5.82 Å². The van der Waals surface area contributed by atoms with Gasteiger partial charge in [0.25, 0.3) is 11.8 Å². The van der Waals surface area contributed by atoms with Crippen molar-refractivity contribution in [3.05, 3.63) is 33.6 Å². The van der Waals surface area contributed by atoms with Gasteiger partial charge in [0.2, 0.25) is 0 Å². The third kappa shape index (κ3) is 3.00. The van der Waals surface area contributed by atoms with Gasteiger partial charge in [-0.25, -0.2) is 9.29 Å². The van der Waals surface area contributed by atoms with Crippen molar-refractivity contribution in [1.29, 1.82) is 0 Å². The molecule has 3 rings (SSSR count). The Bertz CT molecular complexity index is 765. The normalized spacial score (nSPS) is 17.5. The molecule has 0 bridgehead atoms. The second-order valence-corrected chi connectivity index (χ2v) is 7.40. The lowest BCUT2D eigenvalue weighted by Gasteiger charge is -2.17. The van der Waals surface area contributed by atoms with Gasteiger partial charge in [-0.15, -0.1) is 11.8 Å². The lowest BCUT2D eigenvalue weighted by molar-refractivity contribution is -0.134. The SMILES string of the molecule is O=C(O)CSc1cc(N2C(=O)C3=C(CCCC3)C2=O)c(F)cc1Br. The fourth-order valence-corrected chi connectivity index (χ4v) is 4.23. The fourth-order valence-electron chi connectivity index (χ4n) is 2.90. The zero-order valence-electron chi connectivity index (χ0n) is 12.5. The average Bonchev–Trinajstić information content (AvgIpc) is 2.79. The molecule has 1 aliphatic carbocycles. The van der Waals surface area contributed by atoms with Crippen LogP contribution in [-0.4, -0.2) is 28.6 Å². The number of benzene rings is 1. The first-order chi connectivity index (χ1) is 11.4. The van der Waals surface area contributed by atoms with Gasteiger partial charge in [0.15, 0.2) is 0 Å². The van der Waals surface area contributed by atoms with Gasteiger partial charge in [-0.3, -0.25) is 14.4 Å². The molecule has 1 heterocycles. The van der Waals surface area contributed by atoms with Crippen molar-refractivity contribution in [2.45, 2.75) is 30.6 Å². The predicted octanol–water partition coefficient (Wildman–Crippen LogP) is 3.51. The molecule has 0 saturated heterocycles. The Morgan fingerprint density at radius 3 is 2.33 bits per heavy atom. The number of hydrogen-bond acceptors (Lipinski definition) is 4. The summed E-state index contributed by atoms with van der Waals surface area (Å²) in [6.45, 7) is 0. The molecule has 2 aliphatic rings. The number of amides is 2. The van der Waals surface area contributed by atoms with Gasteiger partial charge in [-0.2, -0.15) is 0 Å². The van der Waals surface area contributed by atoms with Gasteiger partial charge in [-0.05, 0) is 53.7 Å². The van der Waals surface area contributed by atoms with Crippen LogP contribution in [0, 0.1) is 5.82 Å². The monoisotopic (exact) mass is 413 g/mol. The first-order valence-electron chi connectivity index (χ1n) is 7.34. The molecule has 1 aromatic carbocycles. The molecule has 0 spiro atoms. The van der Waals surface area contributed by atoms with Crippen LogP contribution in [0.1, 0.15) is 25.7 Å². The summed E-state index contributed by atoms with van der Waals surface area (Å²) in [7, 11) is 0. The highest BCUT2D eigenvalue weighted by molar-refractivity contribution is 9.10. The lowest BCUT2D eigenvalue weighted by atomic mass is 9.93. The lowest BCUT2D eigenvalue weighted by Crippen LogP contribution is -2.32. The first-order valence-corrected chi connectivity index (χ1v) is 9.12. The molecule has 1 aliphatic heterocycles. The van der Waals surface area contributed by atoms with Crippen LogP contribution >= 0.6 is 27.7 Å². The fraction of sp³-hybridized carbons (Fsp3) is 0.312. The van der Waals surface area contributed by atoms with E-state index in [0.29, 0.717) is 33.4 Å². The van der Waals surface area contributed by atoms with Crippen LogP contribution in [0.4, 0.5) is 10.1 Å². The Balaban J connectivity index is 1.97. The van der Waals surface area contributed by atoms with E-state index in [1.807, 2.05) is 0 Å². The van der Waals surface area contributed by atoms with E-state index < -0.39 is 23.6 Å². The molecular weight excluding hydrogens is 401 g/mol. The number of rotatable bonds is 4. The molecule has 1 aromatic rings. The van der Waals surface area contributed by atoms with Crippen molar-refractivity contribution in [3.63, 3.8) is 0 Å².